The van der Waals surface area contributed by atoms with Gasteiger partial charge >= 0.3 is 0 Å². The van der Waals surface area contributed by atoms with Crippen molar-refractivity contribution < 1.29 is 22.3 Å². The van der Waals surface area contributed by atoms with Crippen LogP contribution in [0.25, 0.3) is 21.7 Å². The summed E-state index contributed by atoms with van der Waals surface area (Å²) in [5, 5.41) is 0.583. The van der Waals surface area contributed by atoms with Gasteiger partial charge in [0.2, 0.25) is 5.91 Å². The number of amides is 1. The molecule has 39 heavy (non-hydrogen) atoms. The van der Waals surface area contributed by atoms with Crippen LogP contribution in [0.3, 0.4) is 0 Å². The first-order valence-electron chi connectivity index (χ1n) is 12.0. The van der Waals surface area contributed by atoms with Crippen molar-refractivity contribution in [3.63, 3.8) is 0 Å². The van der Waals surface area contributed by atoms with E-state index in [-0.39, 0.29) is 16.4 Å². The lowest BCUT2D eigenvalue weighted by Crippen LogP contribution is -2.52. The topological polar surface area (TPSA) is 101 Å². The number of nitrogens with zero attached hydrogens (tertiary/aromatic N) is 3. The lowest BCUT2D eigenvalue weighted by Gasteiger charge is -2.32. The Hall–Kier alpha value is -3.32. The molecule has 1 atom stereocenters. The Kier molecular flexibility index (Phi) is 7.98. The highest BCUT2D eigenvalue weighted by atomic mass is 32.2. The quantitative estimate of drug-likeness (QED) is 0.224. The Morgan fingerprint density at radius 2 is 1.97 bits per heavy atom. The van der Waals surface area contributed by atoms with Crippen LogP contribution in [0, 0.1) is 5.82 Å². The zero-order valence-electron chi connectivity index (χ0n) is 21.1. The number of benzene rings is 2. The molecule has 1 aliphatic rings. The number of ether oxygens (including phenoxy) is 1. The molecule has 1 saturated heterocycles. The number of hydrogen-bond acceptors (Lipinski definition) is 8. The number of nitrogens with one attached hydrogen (secondary N) is 1. The molecule has 3 heterocycles. The van der Waals surface area contributed by atoms with Crippen LogP contribution in [-0.4, -0.2) is 50.2 Å². The van der Waals surface area contributed by atoms with E-state index in [2.05, 4.69) is 14.7 Å². The van der Waals surface area contributed by atoms with E-state index in [1.54, 1.807) is 43.6 Å². The van der Waals surface area contributed by atoms with Crippen LogP contribution in [0.2, 0.25) is 0 Å². The molecule has 1 amide bonds. The molecule has 5 rings (SSSR count). The fourth-order valence-electron chi connectivity index (χ4n) is 4.42. The molecular formula is C27H25FN4O4S3. The number of methoxy groups -OCH3 is 1. The third-order valence-corrected chi connectivity index (χ3v) is 9.94. The number of sulfonamides is 1. The van der Waals surface area contributed by atoms with Gasteiger partial charge in [-0.1, -0.05) is 36.0 Å². The highest BCUT2D eigenvalue weighted by Crippen LogP contribution is 2.34. The first-order valence-corrected chi connectivity index (χ1v) is 15.6. The summed E-state index contributed by atoms with van der Waals surface area (Å²) in [6.07, 6.45) is 4.31. The van der Waals surface area contributed by atoms with Gasteiger partial charge in [0.15, 0.2) is 5.16 Å². The van der Waals surface area contributed by atoms with E-state index in [4.69, 9.17) is 4.74 Å². The van der Waals surface area contributed by atoms with Crippen LogP contribution in [0.1, 0.15) is 12.8 Å². The highest BCUT2D eigenvalue weighted by molar-refractivity contribution is 7.98. The van der Waals surface area contributed by atoms with Crippen molar-refractivity contribution in [2.75, 3.05) is 24.8 Å². The van der Waals surface area contributed by atoms with Crippen molar-refractivity contribution in [3.8, 4) is 27.4 Å². The third-order valence-electron chi connectivity index (χ3n) is 6.31. The van der Waals surface area contributed by atoms with Gasteiger partial charge in [-0.05, 0) is 61.1 Å². The summed E-state index contributed by atoms with van der Waals surface area (Å²) in [5.41, 5.74) is 2.06. The summed E-state index contributed by atoms with van der Waals surface area (Å²) in [4.78, 5) is 23.9. The molecular weight excluding hydrogens is 560 g/mol. The van der Waals surface area contributed by atoms with Gasteiger partial charge in [0, 0.05) is 18.3 Å². The molecule has 0 saturated carbocycles. The van der Waals surface area contributed by atoms with E-state index in [9.17, 15) is 13.2 Å². The van der Waals surface area contributed by atoms with Gasteiger partial charge in [-0.15, -0.1) is 11.3 Å². The standard InChI is InChI=1S/C27H25FN4O4S3/c1-36-23-8-4-3-6-18(23)17-9-10-22(19(28)16-17)32-15-5-7-21(26(32)33)31-39(34,35)25-12-11-24(38-25)20-13-14-29-27(30-20)37-2/h3-4,6,8-14,16,21,31H,5,7,15H2,1-2H3. The van der Waals surface area contributed by atoms with Gasteiger partial charge in [0.05, 0.1) is 23.4 Å². The lowest BCUT2D eigenvalue weighted by atomic mass is 10.0. The minimum atomic E-state index is -4.00. The van der Waals surface area contributed by atoms with Crippen LogP contribution >= 0.6 is 23.1 Å². The highest BCUT2D eigenvalue weighted by Gasteiger charge is 2.34. The second-order valence-electron chi connectivity index (χ2n) is 8.72. The zero-order valence-corrected chi connectivity index (χ0v) is 23.6. The minimum Gasteiger partial charge on any atom is -0.496 e. The van der Waals surface area contributed by atoms with E-state index in [1.165, 1.54) is 28.8 Å². The Morgan fingerprint density at radius 1 is 1.15 bits per heavy atom. The number of rotatable bonds is 8. The fraction of sp³-hybridized carbons (Fsp3) is 0.222. The first kappa shape index (κ1) is 27.3. The van der Waals surface area contributed by atoms with Crippen LogP contribution in [0.15, 0.2) is 76.2 Å². The van der Waals surface area contributed by atoms with E-state index in [1.807, 2.05) is 24.5 Å². The Labute approximate surface area is 234 Å². The lowest BCUT2D eigenvalue weighted by molar-refractivity contribution is -0.121. The number of hydrogen-bond donors (Lipinski definition) is 1. The average molecular weight is 585 g/mol. The number of piperidine rings is 1. The number of thiophene rings is 1. The number of aromatic nitrogens is 2. The molecule has 0 radical (unpaired) electrons. The van der Waals surface area contributed by atoms with E-state index in [0.717, 1.165) is 16.9 Å². The van der Waals surface area contributed by atoms with Crippen molar-refractivity contribution in [1.82, 2.24) is 14.7 Å². The molecule has 0 spiro atoms. The zero-order chi connectivity index (χ0) is 27.6. The molecule has 1 unspecified atom stereocenters. The van der Waals surface area contributed by atoms with Crippen molar-refractivity contribution in [1.29, 1.82) is 0 Å². The number of carbonyl (C=O) groups is 1. The van der Waals surface area contributed by atoms with E-state index >= 15 is 4.39 Å². The van der Waals surface area contributed by atoms with Crippen molar-refractivity contribution in [2.45, 2.75) is 28.2 Å². The maximum Gasteiger partial charge on any atom is 0.250 e. The van der Waals surface area contributed by atoms with Crippen molar-refractivity contribution in [2.24, 2.45) is 0 Å². The normalized spacial score (nSPS) is 15.9. The molecule has 1 fully saturated rings. The first-order chi connectivity index (χ1) is 18.8. The summed E-state index contributed by atoms with van der Waals surface area (Å²) in [6.45, 7) is 0.288. The SMILES string of the molecule is COc1ccccc1-c1ccc(N2CCCC(NS(=O)(=O)c3ccc(-c4ccnc(SC)n4)s3)C2=O)c(F)c1. The molecule has 8 nitrogen and oxygen atoms in total. The van der Waals surface area contributed by atoms with Crippen LogP contribution < -0.4 is 14.4 Å². The largest absolute Gasteiger partial charge is 0.496 e. The summed E-state index contributed by atoms with van der Waals surface area (Å²) in [7, 11) is -2.45. The average Bonchev–Trinajstić information content (AvgIpc) is 3.46. The van der Waals surface area contributed by atoms with E-state index < -0.39 is 27.8 Å². The number of carbonyl (C=O) groups excluding carboxylic acids is 1. The minimum absolute atomic E-state index is 0.0686. The number of halogens is 1. The Morgan fingerprint density at radius 3 is 2.74 bits per heavy atom. The molecule has 1 N–H and O–H groups in total. The Bertz CT molecular complexity index is 1630. The second-order valence-corrected chi connectivity index (χ2v) is 12.5. The number of thioether (sulfide) groups is 1. The van der Waals surface area contributed by atoms with E-state index in [0.29, 0.717) is 39.9 Å². The summed E-state index contributed by atoms with van der Waals surface area (Å²) in [6, 6.07) is 15.8. The third kappa shape index (κ3) is 5.69. The smallest absolute Gasteiger partial charge is 0.250 e. The molecule has 2 aromatic heterocycles. The van der Waals surface area contributed by atoms with Gasteiger partial charge in [-0.2, -0.15) is 4.72 Å². The Balaban J connectivity index is 1.34. The predicted molar refractivity (Wildman–Crippen MR) is 151 cm³/mol. The second kappa shape index (κ2) is 11.4. The van der Waals surface area contributed by atoms with Crippen LogP contribution in [-0.2, 0) is 14.8 Å². The molecule has 0 aliphatic carbocycles. The van der Waals surface area contributed by atoms with Gasteiger partial charge in [0.1, 0.15) is 21.8 Å². The summed E-state index contributed by atoms with van der Waals surface area (Å²) in [5.74, 6) is -0.465. The van der Waals surface area contributed by atoms with Gasteiger partial charge in [0.25, 0.3) is 10.0 Å². The molecule has 1 aliphatic heterocycles. The van der Waals surface area contributed by atoms with Gasteiger partial charge < -0.3 is 9.64 Å². The molecule has 12 heteroatoms. The monoisotopic (exact) mass is 584 g/mol. The summed E-state index contributed by atoms with van der Waals surface area (Å²) >= 11 is 2.45. The summed E-state index contributed by atoms with van der Waals surface area (Å²) < 4.78 is 49.7. The van der Waals surface area contributed by atoms with Crippen LogP contribution in [0.4, 0.5) is 10.1 Å². The molecule has 4 aromatic rings. The van der Waals surface area contributed by atoms with Crippen molar-refractivity contribution in [3.05, 3.63) is 72.7 Å². The van der Waals surface area contributed by atoms with Gasteiger partial charge in [-0.25, -0.2) is 22.8 Å². The maximum atomic E-state index is 15.3. The molecule has 2 aromatic carbocycles. The van der Waals surface area contributed by atoms with Crippen molar-refractivity contribution >= 4 is 44.7 Å². The maximum absolute atomic E-state index is 15.3. The molecule has 0 bridgehead atoms. The number of anilines is 1. The van der Waals surface area contributed by atoms with Gasteiger partial charge in [-0.3, -0.25) is 4.79 Å². The predicted octanol–water partition coefficient (Wildman–Crippen LogP) is 5.22. The fourth-order valence-corrected chi connectivity index (χ4v) is 7.30. The number of para-hydroxylation sites is 1. The van der Waals surface area contributed by atoms with Crippen LogP contribution in [0.5, 0.6) is 5.75 Å². The molecule has 202 valence electrons.